The van der Waals surface area contributed by atoms with Gasteiger partial charge in [-0.1, -0.05) is 6.07 Å². The highest BCUT2D eigenvalue weighted by atomic mass is 19.4. The number of hydrogen-bond donors (Lipinski definition) is 1. The number of alkyl halides is 3. The number of benzene rings is 2. The molecule has 2 aromatic carbocycles. The van der Waals surface area contributed by atoms with E-state index in [0.29, 0.717) is 5.56 Å². The molecule has 2 rings (SSSR count). The van der Waals surface area contributed by atoms with Crippen LogP contribution in [0.2, 0.25) is 0 Å². The number of carbonyl (C=O) groups is 2. The SMILES string of the molecule is Cc1ccc(C(=O)O)cc1OC(=O)c1ccc(C(F)(F)F)cc1. The zero-order valence-electron chi connectivity index (χ0n) is 11.8. The standard InChI is InChI=1S/C16H11F3O4/c1-9-2-3-11(14(20)21)8-13(9)23-15(22)10-4-6-12(7-5-10)16(17,18)19/h2-8H,1H3,(H,20,21). The number of esters is 1. The topological polar surface area (TPSA) is 63.6 Å². The van der Waals surface area contributed by atoms with Crippen LogP contribution in [0.25, 0.3) is 0 Å². The Bertz CT molecular complexity index is 749. The normalized spacial score (nSPS) is 11.1. The van der Waals surface area contributed by atoms with E-state index in [1.807, 2.05) is 0 Å². The predicted molar refractivity (Wildman–Crippen MR) is 74.5 cm³/mol. The molecule has 0 bridgehead atoms. The summed E-state index contributed by atoms with van der Waals surface area (Å²) >= 11 is 0. The fourth-order valence-corrected chi connectivity index (χ4v) is 1.80. The van der Waals surface area contributed by atoms with Crippen molar-refractivity contribution in [2.24, 2.45) is 0 Å². The molecule has 0 aliphatic rings. The van der Waals surface area contributed by atoms with Crippen LogP contribution < -0.4 is 4.74 Å². The van der Waals surface area contributed by atoms with Crippen LogP contribution in [-0.2, 0) is 6.18 Å². The Labute approximate surface area is 129 Å². The lowest BCUT2D eigenvalue weighted by atomic mass is 10.1. The molecule has 0 saturated carbocycles. The first-order valence-corrected chi connectivity index (χ1v) is 6.42. The van der Waals surface area contributed by atoms with Gasteiger partial charge in [-0.05, 0) is 48.9 Å². The molecule has 0 aliphatic heterocycles. The Hall–Kier alpha value is -2.83. The first-order chi connectivity index (χ1) is 10.7. The van der Waals surface area contributed by atoms with Gasteiger partial charge < -0.3 is 9.84 Å². The summed E-state index contributed by atoms with van der Waals surface area (Å²) in [4.78, 5) is 22.9. The molecule has 7 heteroatoms. The summed E-state index contributed by atoms with van der Waals surface area (Å²) in [6.07, 6.45) is -4.49. The molecule has 0 aromatic heterocycles. The maximum absolute atomic E-state index is 12.5. The molecule has 0 spiro atoms. The lowest BCUT2D eigenvalue weighted by Crippen LogP contribution is -2.11. The van der Waals surface area contributed by atoms with E-state index in [-0.39, 0.29) is 16.9 Å². The molecule has 0 heterocycles. The van der Waals surface area contributed by atoms with Gasteiger partial charge in [0.1, 0.15) is 5.75 Å². The van der Waals surface area contributed by atoms with Gasteiger partial charge in [0, 0.05) is 0 Å². The van der Waals surface area contributed by atoms with E-state index in [4.69, 9.17) is 9.84 Å². The first kappa shape index (κ1) is 16.5. The summed E-state index contributed by atoms with van der Waals surface area (Å²) in [7, 11) is 0. The van der Waals surface area contributed by atoms with Crippen molar-refractivity contribution in [1.82, 2.24) is 0 Å². The zero-order chi connectivity index (χ0) is 17.2. The quantitative estimate of drug-likeness (QED) is 0.686. The van der Waals surface area contributed by atoms with E-state index in [1.165, 1.54) is 18.2 Å². The molecular weight excluding hydrogens is 313 g/mol. The van der Waals surface area contributed by atoms with E-state index in [2.05, 4.69) is 0 Å². The number of carbonyl (C=O) groups excluding carboxylic acids is 1. The van der Waals surface area contributed by atoms with Gasteiger partial charge in [0.05, 0.1) is 16.7 Å². The van der Waals surface area contributed by atoms with Crippen LogP contribution in [0.5, 0.6) is 5.75 Å². The highest BCUT2D eigenvalue weighted by molar-refractivity contribution is 5.92. The molecule has 4 nitrogen and oxygen atoms in total. The molecule has 0 aliphatic carbocycles. The molecule has 23 heavy (non-hydrogen) atoms. The van der Waals surface area contributed by atoms with Crippen LogP contribution >= 0.6 is 0 Å². The van der Waals surface area contributed by atoms with Crippen molar-refractivity contribution in [3.05, 3.63) is 64.7 Å². The summed E-state index contributed by atoms with van der Waals surface area (Å²) in [5, 5.41) is 8.91. The van der Waals surface area contributed by atoms with Crippen LogP contribution in [0.15, 0.2) is 42.5 Å². The molecule has 0 atom stereocenters. The smallest absolute Gasteiger partial charge is 0.416 e. The third-order valence-corrected chi connectivity index (χ3v) is 3.09. The molecule has 120 valence electrons. The third-order valence-electron chi connectivity index (χ3n) is 3.09. The number of hydrogen-bond acceptors (Lipinski definition) is 3. The fourth-order valence-electron chi connectivity index (χ4n) is 1.80. The van der Waals surface area contributed by atoms with Crippen molar-refractivity contribution in [2.75, 3.05) is 0 Å². The number of ether oxygens (including phenoxy) is 1. The van der Waals surface area contributed by atoms with Crippen molar-refractivity contribution >= 4 is 11.9 Å². The van der Waals surface area contributed by atoms with Crippen molar-refractivity contribution in [1.29, 1.82) is 0 Å². The summed E-state index contributed by atoms with van der Waals surface area (Å²) < 4.78 is 42.5. The summed E-state index contributed by atoms with van der Waals surface area (Å²) in [5.41, 5.74) is -0.489. The van der Waals surface area contributed by atoms with Gasteiger partial charge in [-0.25, -0.2) is 9.59 Å². The molecule has 0 amide bonds. The largest absolute Gasteiger partial charge is 0.478 e. The minimum Gasteiger partial charge on any atom is -0.478 e. The number of rotatable bonds is 3. The lowest BCUT2D eigenvalue weighted by molar-refractivity contribution is -0.137. The number of aromatic carboxylic acids is 1. The lowest BCUT2D eigenvalue weighted by Gasteiger charge is -2.10. The second-order valence-electron chi connectivity index (χ2n) is 4.75. The Morgan fingerprint density at radius 3 is 2.09 bits per heavy atom. The van der Waals surface area contributed by atoms with Gasteiger partial charge in [-0.3, -0.25) is 0 Å². The minimum atomic E-state index is -4.49. The van der Waals surface area contributed by atoms with Crippen molar-refractivity contribution in [2.45, 2.75) is 13.1 Å². The summed E-state index contributed by atoms with van der Waals surface area (Å²) in [6.45, 7) is 1.61. The molecule has 1 N–H and O–H groups in total. The second-order valence-corrected chi connectivity index (χ2v) is 4.75. The molecule has 2 aromatic rings. The Morgan fingerprint density at radius 1 is 1.00 bits per heavy atom. The number of aryl methyl sites for hydroxylation is 1. The van der Waals surface area contributed by atoms with E-state index in [1.54, 1.807) is 6.92 Å². The highest BCUT2D eigenvalue weighted by Gasteiger charge is 2.30. The monoisotopic (exact) mass is 324 g/mol. The van der Waals surface area contributed by atoms with Crippen LogP contribution in [0.4, 0.5) is 13.2 Å². The van der Waals surface area contributed by atoms with E-state index in [0.717, 1.165) is 24.3 Å². The predicted octanol–water partition coefficient (Wildman–Crippen LogP) is 3.93. The van der Waals surface area contributed by atoms with Gasteiger partial charge in [0.15, 0.2) is 0 Å². The fraction of sp³-hybridized carbons (Fsp3) is 0.125. The van der Waals surface area contributed by atoms with E-state index < -0.39 is 23.7 Å². The minimum absolute atomic E-state index is 0.0368. The van der Waals surface area contributed by atoms with E-state index >= 15 is 0 Å². The zero-order valence-corrected chi connectivity index (χ0v) is 11.8. The van der Waals surface area contributed by atoms with Gasteiger partial charge >= 0.3 is 18.1 Å². The second kappa shape index (κ2) is 6.12. The number of halogens is 3. The highest BCUT2D eigenvalue weighted by Crippen LogP contribution is 2.29. The van der Waals surface area contributed by atoms with Gasteiger partial charge in [0.25, 0.3) is 0 Å². The summed E-state index contributed by atoms with van der Waals surface area (Å²) in [5.74, 6) is -2.02. The van der Waals surface area contributed by atoms with Gasteiger partial charge in [0.2, 0.25) is 0 Å². The van der Waals surface area contributed by atoms with Crippen molar-refractivity contribution in [3.63, 3.8) is 0 Å². The molecular formula is C16H11F3O4. The van der Waals surface area contributed by atoms with Gasteiger partial charge in [-0.15, -0.1) is 0 Å². The van der Waals surface area contributed by atoms with Crippen LogP contribution in [-0.4, -0.2) is 17.0 Å². The number of carboxylic acids is 1. The molecule has 0 radical (unpaired) electrons. The van der Waals surface area contributed by atoms with Crippen molar-refractivity contribution < 1.29 is 32.6 Å². The number of carboxylic acid groups (broad SMARTS) is 1. The van der Waals surface area contributed by atoms with Gasteiger partial charge in [-0.2, -0.15) is 13.2 Å². The maximum Gasteiger partial charge on any atom is 0.416 e. The molecule has 0 fully saturated rings. The van der Waals surface area contributed by atoms with Crippen LogP contribution in [0.1, 0.15) is 31.8 Å². The average molecular weight is 324 g/mol. The van der Waals surface area contributed by atoms with E-state index in [9.17, 15) is 22.8 Å². The van der Waals surface area contributed by atoms with Crippen LogP contribution in [0, 0.1) is 6.92 Å². The Kier molecular flexibility index (Phi) is 4.40. The summed E-state index contributed by atoms with van der Waals surface area (Å²) in [6, 6.07) is 7.56. The van der Waals surface area contributed by atoms with Crippen molar-refractivity contribution in [3.8, 4) is 5.75 Å². The maximum atomic E-state index is 12.5. The van der Waals surface area contributed by atoms with Crippen LogP contribution in [0.3, 0.4) is 0 Å². The Balaban J connectivity index is 2.22. The average Bonchev–Trinajstić information content (AvgIpc) is 2.48. The third kappa shape index (κ3) is 3.88. The molecule has 0 saturated heterocycles. The Morgan fingerprint density at radius 2 is 1.57 bits per heavy atom. The first-order valence-electron chi connectivity index (χ1n) is 6.42. The molecule has 0 unspecified atom stereocenters.